The van der Waals surface area contributed by atoms with Crippen LogP contribution in [0.4, 0.5) is 0 Å². The van der Waals surface area contributed by atoms with E-state index in [9.17, 15) is 0 Å². The van der Waals surface area contributed by atoms with Crippen LogP contribution >= 0.6 is 11.3 Å². The van der Waals surface area contributed by atoms with Crippen molar-refractivity contribution in [2.24, 2.45) is 5.73 Å². The highest BCUT2D eigenvalue weighted by atomic mass is 32.1. The molecule has 0 aliphatic carbocycles. The Morgan fingerprint density at radius 2 is 2.11 bits per heavy atom. The number of nitrogens with two attached hydrogens (primary N) is 1. The van der Waals surface area contributed by atoms with E-state index in [-0.39, 0.29) is 6.04 Å². The van der Waals surface area contributed by atoms with E-state index >= 15 is 0 Å². The molecule has 0 aliphatic heterocycles. The molecule has 0 spiro atoms. The molecule has 3 rings (SSSR count). The van der Waals surface area contributed by atoms with Crippen LogP contribution < -0.4 is 5.73 Å². The Bertz CT molecular complexity index is 711. The number of fused-ring (bicyclic) bond motifs is 1. The zero-order valence-corrected chi connectivity index (χ0v) is 11.8. The Morgan fingerprint density at radius 1 is 1.32 bits per heavy atom. The van der Waals surface area contributed by atoms with Crippen molar-refractivity contribution in [3.05, 3.63) is 34.7 Å². The molecule has 0 aliphatic rings. The maximum absolute atomic E-state index is 5.87. The molecule has 2 heterocycles. The summed E-state index contributed by atoms with van der Waals surface area (Å²) in [6.07, 6.45) is 0. The van der Waals surface area contributed by atoms with Crippen LogP contribution in [0.3, 0.4) is 0 Å². The molecule has 1 aromatic carbocycles. The fourth-order valence-corrected chi connectivity index (χ4v) is 2.95. The third kappa shape index (κ3) is 2.05. The first-order valence-electron chi connectivity index (χ1n) is 6.37. The van der Waals surface area contributed by atoms with E-state index < -0.39 is 0 Å². The second-order valence-electron chi connectivity index (χ2n) is 4.53. The van der Waals surface area contributed by atoms with Gasteiger partial charge in [-0.3, -0.25) is 0 Å². The number of hydrogen-bond donors (Lipinski definition) is 1. The zero-order valence-electron chi connectivity index (χ0n) is 11.0. The average molecular weight is 272 g/mol. The van der Waals surface area contributed by atoms with Crippen LogP contribution in [-0.2, 0) is 6.54 Å². The second-order valence-corrected chi connectivity index (χ2v) is 5.42. The topological polar surface area (TPSA) is 56.7 Å². The number of benzene rings is 1. The first-order valence-corrected chi connectivity index (χ1v) is 7.25. The molecule has 0 fully saturated rings. The van der Waals surface area contributed by atoms with E-state index in [0.29, 0.717) is 0 Å². The summed E-state index contributed by atoms with van der Waals surface area (Å²) in [6, 6.07) is 8.14. The molecule has 0 amide bonds. The summed E-state index contributed by atoms with van der Waals surface area (Å²) < 4.78 is 2.19. The second kappa shape index (κ2) is 4.75. The average Bonchev–Trinajstić information content (AvgIpc) is 3.02. The van der Waals surface area contributed by atoms with Gasteiger partial charge in [0, 0.05) is 11.9 Å². The van der Waals surface area contributed by atoms with Gasteiger partial charge in [0.05, 0.1) is 17.1 Å². The predicted octanol–water partition coefficient (Wildman–Crippen LogP) is 3.20. The molecule has 3 aromatic rings. The number of thiazole rings is 1. The zero-order chi connectivity index (χ0) is 13.4. The number of rotatable bonds is 3. The molecular formula is C14H16N4S. The molecule has 0 saturated carbocycles. The minimum atomic E-state index is -0.0294. The Kier molecular flexibility index (Phi) is 3.08. The number of aryl methyl sites for hydroxylation is 1. The molecule has 2 N–H and O–H groups in total. The van der Waals surface area contributed by atoms with Crippen LogP contribution in [0.2, 0.25) is 0 Å². The maximum atomic E-state index is 5.87. The monoisotopic (exact) mass is 272 g/mol. The van der Waals surface area contributed by atoms with Gasteiger partial charge >= 0.3 is 0 Å². The third-order valence-electron chi connectivity index (χ3n) is 3.11. The molecule has 1 atom stereocenters. The number of hydrogen-bond acceptors (Lipinski definition) is 4. The molecule has 0 saturated heterocycles. The summed E-state index contributed by atoms with van der Waals surface area (Å²) in [7, 11) is 0. The first-order chi connectivity index (χ1) is 9.20. The Hall–Kier alpha value is -1.72. The molecule has 2 aromatic heterocycles. The fraction of sp³-hybridized carbons (Fsp3) is 0.286. The van der Waals surface area contributed by atoms with Crippen LogP contribution in [-0.4, -0.2) is 14.5 Å². The molecule has 4 nitrogen and oxygen atoms in total. The highest BCUT2D eigenvalue weighted by Gasteiger charge is 2.15. The highest BCUT2D eigenvalue weighted by molar-refractivity contribution is 7.10. The lowest BCUT2D eigenvalue weighted by atomic mass is 10.3. The molecule has 0 radical (unpaired) electrons. The number of nitrogens with zero attached hydrogens (tertiary/aromatic N) is 3. The van der Waals surface area contributed by atoms with Gasteiger partial charge in [0.2, 0.25) is 0 Å². The van der Waals surface area contributed by atoms with Gasteiger partial charge in [0.15, 0.2) is 5.82 Å². The van der Waals surface area contributed by atoms with Gasteiger partial charge in [-0.2, -0.15) is 0 Å². The van der Waals surface area contributed by atoms with Crippen LogP contribution in [0, 0.1) is 0 Å². The molecule has 1 unspecified atom stereocenters. The van der Waals surface area contributed by atoms with Gasteiger partial charge in [-0.05, 0) is 26.0 Å². The van der Waals surface area contributed by atoms with Crippen molar-refractivity contribution in [2.45, 2.75) is 26.4 Å². The largest absolute Gasteiger partial charge is 0.323 e. The van der Waals surface area contributed by atoms with E-state index in [1.165, 1.54) is 0 Å². The number of imidazole rings is 1. The number of para-hydroxylation sites is 2. The van der Waals surface area contributed by atoms with Crippen molar-refractivity contribution in [3.63, 3.8) is 0 Å². The lowest BCUT2D eigenvalue weighted by Gasteiger charge is -2.03. The third-order valence-corrected chi connectivity index (χ3v) is 4.16. The molecule has 19 heavy (non-hydrogen) atoms. The molecular weight excluding hydrogens is 256 g/mol. The van der Waals surface area contributed by atoms with Crippen molar-refractivity contribution in [1.82, 2.24) is 14.5 Å². The van der Waals surface area contributed by atoms with Crippen molar-refractivity contribution < 1.29 is 0 Å². The van der Waals surface area contributed by atoms with Crippen molar-refractivity contribution in [3.8, 4) is 11.5 Å². The summed E-state index contributed by atoms with van der Waals surface area (Å²) in [5.74, 6) is 0.923. The Morgan fingerprint density at radius 3 is 2.79 bits per heavy atom. The fourth-order valence-electron chi connectivity index (χ4n) is 2.19. The van der Waals surface area contributed by atoms with Crippen LogP contribution in [0.5, 0.6) is 0 Å². The van der Waals surface area contributed by atoms with E-state index in [1.54, 1.807) is 11.3 Å². The van der Waals surface area contributed by atoms with Crippen molar-refractivity contribution in [2.75, 3.05) is 0 Å². The first kappa shape index (κ1) is 12.3. The maximum Gasteiger partial charge on any atom is 0.160 e. The standard InChI is InChI=1S/C14H16N4S/c1-3-18-12-7-5-4-6-10(12)16-13(18)11-8-19-14(17-11)9(2)15/h4-9H,3,15H2,1-2H3. The summed E-state index contributed by atoms with van der Waals surface area (Å²) in [5, 5.41) is 2.98. The van der Waals surface area contributed by atoms with E-state index in [0.717, 1.165) is 34.1 Å². The quantitative estimate of drug-likeness (QED) is 0.796. The van der Waals surface area contributed by atoms with Gasteiger partial charge in [0.25, 0.3) is 0 Å². The van der Waals surface area contributed by atoms with Crippen molar-refractivity contribution >= 4 is 22.4 Å². The highest BCUT2D eigenvalue weighted by Crippen LogP contribution is 2.27. The smallest absolute Gasteiger partial charge is 0.160 e. The van der Waals surface area contributed by atoms with E-state index in [1.807, 2.05) is 30.5 Å². The molecule has 0 bridgehead atoms. The Labute approximate surface area is 115 Å². The van der Waals surface area contributed by atoms with Gasteiger partial charge < -0.3 is 10.3 Å². The van der Waals surface area contributed by atoms with Crippen molar-refractivity contribution in [1.29, 1.82) is 0 Å². The summed E-state index contributed by atoms with van der Waals surface area (Å²) in [4.78, 5) is 9.29. The van der Waals surface area contributed by atoms with Crippen LogP contribution in [0.25, 0.3) is 22.6 Å². The predicted molar refractivity (Wildman–Crippen MR) is 79.1 cm³/mol. The minimum Gasteiger partial charge on any atom is -0.323 e. The molecule has 5 heteroatoms. The number of aromatic nitrogens is 3. The molecule has 98 valence electrons. The van der Waals surface area contributed by atoms with Gasteiger partial charge in [-0.15, -0.1) is 11.3 Å². The van der Waals surface area contributed by atoms with E-state index in [4.69, 9.17) is 10.7 Å². The lowest BCUT2D eigenvalue weighted by Crippen LogP contribution is -2.04. The minimum absolute atomic E-state index is 0.0294. The van der Waals surface area contributed by atoms with Gasteiger partial charge in [-0.1, -0.05) is 12.1 Å². The van der Waals surface area contributed by atoms with E-state index in [2.05, 4.69) is 22.5 Å². The van der Waals surface area contributed by atoms with Gasteiger partial charge in [0.1, 0.15) is 10.7 Å². The van der Waals surface area contributed by atoms with Gasteiger partial charge in [-0.25, -0.2) is 9.97 Å². The summed E-state index contributed by atoms with van der Waals surface area (Å²) >= 11 is 1.59. The Balaban J connectivity index is 2.18. The SMILES string of the molecule is CCn1c(-c2csc(C(C)N)n2)nc2ccccc21. The summed E-state index contributed by atoms with van der Waals surface area (Å²) in [5.41, 5.74) is 8.94. The van der Waals surface area contributed by atoms with Crippen LogP contribution in [0.15, 0.2) is 29.6 Å². The lowest BCUT2D eigenvalue weighted by molar-refractivity contribution is 0.785. The summed E-state index contributed by atoms with van der Waals surface area (Å²) in [6.45, 7) is 4.95. The normalized spacial score (nSPS) is 13.0. The van der Waals surface area contributed by atoms with Crippen LogP contribution in [0.1, 0.15) is 24.9 Å².